The van der Waals surface area contributed by atoms with Gasteiger partial charge < -0.3 is 10.1 Å². The molecule has 0 saturated carbocycles. The Balaban J connectivity index is 1.07. The topological polar surface area (TPSA) is 120 Å². The Morgan fingerprint density at radius 3 is 2.46 bits per heavy atom. The summed E-state index contributed by atoms with van der Waals surface area (Å²) in [6.45, 7) is 9.98. The van der Waals surface area contributed by atoms with E-state index in [2.05, 4.69) is 84.5 Å². The fraction of sp³-hybridized carbons (Fsp3) is 0.424. The van der Waals surface area contributed by atoms with Crippen molar-refractivity contribution in [2.24, 2.45) is 0 Å². The van der Waals surface area contributed by atoms with Crippen molar-refractivity contribution in [2.45, 2.75) is 43.5 Å². The molecule has 2 aliphatic heterocycles. The van der Waals surface area contributed by atoms with E-state index in [-0.39, 0.29) is 10.3 Å². The molecule has 11 nitrogen and oxygen atoms in total. The molecule has 2 N–H and O–H groups in total. The normalized spacial score (nSPS) is 17.3. The van der Waals surface area contributed by atoms with Gasteiger partial charge in [0, 0.05) is 56.3 Å². The van der Waals surface area contributed by atoms with Crippen LogP contribution >= 0.6 is 11.3 Å². The predicted molar refractivity (Wildman–Crippen MR) is 183 cm³/mol. The van der Waals surface area contributed by atoms with E-state index < -0.39 is 16.1 Å². The number of aromatic nitrogens is 2. The highest BCUT2D eigenvalue weighted by atomic mass is 32.2. The number of aryl methyl sites for hydroxylation is 1. The van der Waals surface area contributed by atoms with Crippen molar-refractivity contribution in [3.8, 4) is 11.1 Å². The number of hydrogen-bond donors (Lipinski definition) is 2. The highest BCUT2D eigenvalue weighted by Crippen LogP contribution is 2.34. The molecule has 6 rings (SSSR count). The van der Waals surface area contributed by atoms with E-state index in [4.69, 9.17) is 0 Å². The summed E-state index contributed by atoms with van der Waals surface area (Å²) in [6.07, 6.45) is 3.57. The number of nitrogens with one attached hydrogen (secondary N) is 2. The molecule has 0 bridgehead atoms. The number of anilines is 2. The highest BCUT2D eigenvalue weighted by molar-refractivity contribution is 7.91. The Kier molecular flexibility index (Phi) is 9.85. The molecule has 2 aliphatic rings. The first-order chi connectivity index (χ1) is 22.2. The summed E-state index contributed by atoms with van der Waals surface area (Å²) in [4.78, 5) is 25.6. The van der Waals surface area contributed by atoms with Crippen LogP contribution in [-0.2, 0) is 21.3 Å². The average molecular weight is 664 g/mol. The fourth-order valence-electron chi connectivity index (χ4n) is 6.29. The van der Waals surface area contributed by atoms with E-state index in [0.717, 1.165) is 52.3 Å². The zero-order valence-corrected chi connectivity index (χ0v) is 28.2. The first kappa shape index (κ1) is 32.3. The van der Waals surface area contributed by atoms with Gasteiger partial charge in [0.05, 0.1) is 17.6 Å². The van der Waals surface area contributed by atoms with Gasteiger partial charge in [-0.15, -0.1) is 11.3 Å². The monoisotopic (exact) mass is 663 g/mol. The molecule has 0 spiro atoms. The molecule has 4 aromatic rings. The van der Waals surface area contributed by atoms with Crippen molar-refractivity contribution in [2.75, 3.05) is 63.6 Å². The molecule has 2 aromatic carbocycles. The number of hydrogen-bond acceptors (Lipinski definition) is 10. The maximum Gasteiger partial charge on any atom is 0.411 e. The van der Waals surface area contributed by atoms with Crippen LogP contribution in [0.25, 0.3) is 22.0 Å². The molecule has 0 unspecified atom stereocenters. The van der Waals surface area contributed by atoms with E-state index in [1.807, 2.05) is 0 Å². The van der Waals surface area contributed by atoms with E-state index >= 15 is 0 Å². The third kappa shape index (κ3) is 7.18. The van der Waals surface area contributed by atoms with Crippen molar-refractivity contribution in [1.29, 1.82) is 0 Å². The van der Waals surface area contributed by atoms with Gasteiger partial charge in [0.1, 0.15) is 16.4 Å². The van der Waals surface area contributed by atoms with Gasteiger partial charge in [0.25, 0.3) is 10.0 Å². The van der Waals surface area contributed by atoms with Crippen LogP contribution in [0, 0.1) is 6.92 Å². The van der Waals surface area contributed by atoms with E-state index in [9.17, 15) is 13.2 Å². The number of amides is 1. The number of piperazine rings is 1. The lowest BCUT2D eigenvalue weighted by molar-refractivity contribution is 0.184. The molecule has 46 heavy (non-hydrogen) atoms. The summed E-state index contributed by atoms with van der Waals surface area (Å²) >= 11 is 1.04. The third-order valence-corrected chi connectivity index (χ3v) is 12.3. The molecule has 2 aromatic heterocycles. The maximum atomic E-state index is 13.4. The Morgan fingerprint density at radius 2 is 1.74 bits per heavy atom. The summed E-state index contributed by atoms with van der Waals surface area (Å²) in [5.74, 6) is 0.788. The SMILES string of the molecule is COC(=O)Nc1cc(C)c(S(=O)(=O)N2CCN(C[C@H](C)Nc3ncnc4c(-c5ccc(CN6CCCC6)cc5)cccc34)CC2)s1. The molecular formula is C33H41N7O4S2. The zero-order valence-electron chi connectivity index (χ0n) is 26.5. The standard InChI is InChI=1S/C33H41N7O4S2/c1-23-19-29(37-33(41)44-3)45-32(23)46(42,43)40-17-15-39(16-18-40)20-24(2)36-31-28-8-6-7-27(30(28)34-22-35-31)26-11-9-25(10-12-26)21-38-13-4-5-14-38/h6-12,19,22,24H,4-5,13-18,20-21H2,1-3H3,(H,37,41)(H,34,35,36)/t24-/m0/s1. The number of likely N-dealkylation sites (tertiary alicyclic amines) is 1. The number of methoxy groups -OCH3 is 1. The van der Waals surface area contributed by atoms with Crippen LogP contribution in [0.1, 0.15) is 30.9 Å². The zero-order chi connectivity index (χ0) is 32.3. The number of benzene rings is 2. The molecule has 1 amide bonds. The van der Waals surface area contributed by atoms with Crippen LogP contribution < -0.4 is 10.6 Å². The van der Waals surface area contributed by atoms with Crippen LogP contribution in [0.5, 0.6) is 0 Å². The molecule has 0 aliphatic carbocycles. The van der Waals surface area contributed by atoms with Gasteiger partial charge in [-0.25, -0.2) is 23.2 Å². The number of nitrogens with zero attached hydrogens (tertiary/aromatic N) is 5. The Morgan fingerprint density at radius 1 is 1.00 bits per heavy atom. The molecule has 4 heterocycles. The van der Waals surface area contributed by atoms with Gasteiger partial charge in [-0.05, 0) is 68.6 Å². The van der Waals surface area contributed by atoms with Gasteiger partial charge in [-0.1, -0.05) is 36.4 Å². The first-order valence-electron chi connectivity index (χ1n) is 15.7. The predicted octanol–water partition coefficient (Wildman–Crippen LogP) is 5.25. The number of para-hydroxylation sites is 1. The van der Waals surface area contributed by atoms with Gasteiger partial charge in [-0.2, -0.15) is 4.31 Å². The smallest absolute Gasteiger partial charge is 0.411 e. The van der Waals surface area contributed by atoms with Gasteiger partial charge in [0.2, 0.25) is 0 Å². The summed E-state index contributed by atoms with van der Waals surface area (Å²) in [5, 5.41) is 7.56. The molecule has 1 atom stereocenters. The summed E-state index contributed by atoms with van der Waals surface area (Å²) < 4.78 is 33.3. The van der Waals surface area contributed by atoms with Crippen molar-refractivity contribution in [3.63, 3.8) is 0 Å². The summed E-state index contributed by atoms with van der Waals surface area (Å²) in [6, 6.07) is 16.8. The van der Waals surface area contributed by atoms with Gasteiger partial charge >= 0.3 is 6.09 Å². The van der Waals surface area contributed by atoms with Gasteiger partial charge in [-0.3, -0.25) is 15.1 Å². The molecule has 2 saturated heterocycles. The van der Waals surface area contributed by atoms with Crippen molar-refractivity contribution < 1.29 is 17.9 Å². The largest absolute Gasteiger partial charge is 0.453 e. The second-order valence-electron chi connectivity index (χ2n) is 12.1. The van der Waals surface area contributed by atoms with Crippen molar-refractivity contribution in [3.05, 3.63) is 66.0 Å². The lowest BCUT2D eigenvalue weighted by Crippen LogP contribution is -2.50. The van der Waals surface area contributed by atoms with Crippen molar-refractivity contribution in [1.82, 2.24) is 24.1 Å². The van der Waals surface area contributed by atoms with E-state index in [1.165, 1.54) is 42.9 Å². The Bertz CT molecular complexity index is 1780. The van der Waals surface area contributed by atoms with Crippen LogP contribution in [0.15, 0.2) is 59.1 Å². The molecule has 0 radical (unpaired) electrons. The lowest BCUT2D eigenvalue weighted by atomic mass is 10.0. The highest BCUT2D eigenvalue weighted by Gasteiger charge is 2.32. The number of thiophene rings is 1. The lowest BCUT2D eigenvalue weighted by Gasteiger charge is -2.35. The minimum Gasteiger partial charge on any atom is -0.453 e. The Labute approximate surface area is 274 Å². The molecule has 2 fully saturated rings. The second kappa shape index (κ2) is 14.0. The van der Waals surface area contributed by atoms with Crippen molar-refractivity contribution >= 4 is 49.2 Å². The minimum atomic E-state index is -3.68. The number of fused-ring (bicyclic) bond motifs is 1. The number of ether oxygens (including phenoxy) is 1. The maximum absolute atomic E-state index is 13.4. The summed E-state index contributed by atoms with van der Waals surface area (Å²) in [7, 11) is -2.41. The number of carbonyl (C=O) groups excluding carboxylic acids is 1. The van der Waals surface area contributed by atoms with E-state index in [0.29, 0.717) is 36.7 Å². The van der Waals surface area contributed by atoms with E-state index in [1.54, 1.807) is 19.3 Å². The van der Waals surface area contributed by atoms with Crippen LogP contribution in [-0.4, -0.2) is 97.5 Å². The molecular weight excluding hydrogens is 623 g/mol. The summed E-state index contributed by atoms with van der Waals surface area (Å²) in [5.41, 5.74) is 5.06. The quantitative estimate of drug-likeness (QED) is 0.235. The number of sulfonamides is 1. The van der Waals surface area contributed by atoms with Crippen LogP contribution in [0.4, 0.5) is 15.6 Å². The van der Waals surface area contributed by atoms with Gasteiger partial charge in [0.15, 0.2) is 0 Å². The number of carbonyl (C=O) groups is 1. The first-order valence-corrected chi connectivity index (χ1v) is 18.0. The third-order valence-electron chi connectivity index (χ3n) is 8.64. The number of rotatable bonds is 10. The van der Waals surface area contributed by atoms with Crippen LogP contribution in [0.3, 0.4) is 0 Å². The fourth-order valence-corrected chi connectivity index (χ4v) is 9.44. The van der Waals surface area contributed by atoms with Crippen LogP contribution in [0.2, 0.25) is 0 Å². The second-order valence-corrected chi connectivity index (χ2v) is 15.2. The minimum absolute atomic E-state index is 0.0706. The molecule has 13 heteroatoms. The average Bonchev–Trinajstić information content (AvgIpc) is 3.71. The molecule has 244 valence electrons. The Hall–Kier alpha value is -3.62.